The third-order valence-corrected chi connectivity index (χ3v) is 5.46. The third kappa shape index (κ3) is 3.46. The molecule has 2 aromatic carbocycles. The molecule has 6 heteroatoms. The van der Waals surface area contributed by atoms with E-state index in [1.165, 1.54) is 4.68 Å². The van der Waals surface area contributed by atoms with E-state index in [2.05, 4.69) is 10.4 Å². The number of rotatable bonds is 4. The molecule has 2 aromatic heterocycles. The number of aromatic nitrogens is 2. The number of aryl methyl sites for hydroxylation is 2. The molecule has 0 atom stereocenters. The predicted molar refractivity (Wildman–Crippen MR) is 114 cm³/mol. The smallest absolute Gasteiger partial charge is 0.275 e. The molecule has 4 rings (SSSR count). The van der Waals surface area contributed by atoms with E-state index in [9.17, 15) is 9.59 Å². The highest BCUT2D eigenvalue weighted by molar-refractivity contribution is 7.13. The molecule has 0 spiro atoms. The van der Waals surface area contributed by atoms with Crippen molar-refractivity contribution in [2.75, 3.05) is 5.32 Å². The highest BCUT2D eigenvalue weighted by atomic mass is 32.1. The first kappa shape index (κ1) is 18.1. The van der Waals surface area contributed by atoms with Gasteiger partial charge in [0.15, 0.2) is 0 Å². The van der Waals surface area contributed by atoms with Gasteiger partial charge in [-0.3, -0.25) is 9.59 Å². The van der Waals surface area contributed by atoms with Gasteiger partial charge in [-0.1, -0.05) is 36.4 Å². The molecule has 0 fully saturated rings. The lowest BCUT2D eigenvalue weighted by atomic mass is 10.1. The van der Waals surface area contributed by atoms with Gasteiger partial charge in [0.2, 0.25) is 5.91 Å². The lowest BCUT2D eigenvalue weighted by Crippen LogP contribution is -2.30. The quantitative estimate of drug-likeness (QED) is 0.563. The second kappa shape index (κ2) is 7.40. The largest absolute Gasteiger partial charge is 0.324 e. The van der Waals surface area contributed by atoms with Gasteiger partial charge in [0.1, 0.15) is 12.2 Å². The van der Waals surface area contributed by atoms with Crippen LogP contribution in [0.3, 0.4) is 0 Å². The maximum absolute atomic E-state index is 12.9. The van der Waals surface area contributed by atoms with E-state index >= 15 is 0 Å². The van der Waals surface area contributed by atoms with E-state index in [1.807, 2.05) is 67.8 Å². The number of amides is 1. The minimum Gasteiger partial charge on any atom is -0.324 e. The summed E-state index contributed by atoms with van der Waals surface area (Å²) in [6.45, 7) is 3.76. The van der Waals surface area contributed by atoms with Gasteiger partial charge in [0.05, 0.1) is 10.3 Å². The Balaban J connectivity index is 1.73. The van der Waals surface area contributed by atoms with E-state index in [4.69, 9.17) is 0 Å². The van der Waals surface area contributed by atoms with Crippen molar-refractivity contribution in [3.8, 4) is 10.6 Å². The first-order chi connectivity index (χ1) is 13.5. The molecule has 140 valence electrons. The first-order valence-corrected chi connectivity index (χ1v) is 9.82. The highest BCUT2D eigenvalue weighted by Crippen LogP contribution is 2.28. The van der Waals surface area contributed by atoms with E-state index in [-0.39, 0.29) is 18.0 Å². The fourth-order valence-electron chi connectivity index (χ4n) is 3.13. The van der Waals surface area contributed by atoms with Crippen molar-refractivity contribution in [1.82, 2.24) is 9.78 Å². The van der Waals surface area contributed by atoms with Crippen molar-refractivity contribution in [2.45, 2.75) is 20.4 Å². The SMILES string of the molecule is Cc1ccc(C)c(NC(=O)Cn2nc(-c3cccs3)c3ccccc3c2=O)c1. The van der Waals surface area contributed by atoms with Gasteiger partial charge in [-0.25, -0.2) is 4.68 Å². The second-order valence-electron chi connectivity index (χ2n) is 6.70. The topological polar surface area (TPSA) is 64.0 Å². The van der Waals surface area contributed by atoms with Gasteiger partial charge in [0, 0.05) is 11.1 Å². The van der Waals surface area contributed by atoms with Crippen LogP contribution >= 0.6 is 11.3 Å². The van der Waals surface area contributed by atoms with Crippen LogP contribution in [0.15, 0.2) is 64.8 Å². The summed E-state index contributed by atoms with van der Waals surface area (Å²) in [6, 6.07) is 17.1. The lowest BCUT2D eigenvalue weighted by Gasteiger charge is -2.12. The van der Waals surface area contributed by atoms with Gasteiger partial charge in [-0.05, 0) is 48.6 Å². The lowest BCUT2D eigenvalue weighted by molar-refractivity contribution is -0.117. The predicted octanol–water partition coefficient (Wildman–Crippen LogP) is 4.38. The molecule has 0 aliphatic heterocycles. The van der Waals surface area contributed by atoms with Crippen LogP contribution in [0.2, 0.25) is 0 Å². The number of benzene rings is 2. The molecule has 0 radical (unpaired) electrons. The van der Waals surface area contributed by atoms with Gasteiger partial charge in [0.25, 0.3) is 5.56 Å². The molecule has 0 aliphatic carbocycles. The molecule has 1 amide bonds. The zero-order valence-corrected chi connectivity index (χ0v) is 16.4. The van der Waals surface area contributed by atoms with Crippen molar-refractivity contribution in [2.24, 2.45) is 0 Å². The second-order valence-corrected chi connectivity index (χ2v) is 7.65. The molecule has 5 nitrogen and oxygen atoms in total. The minimum absolute atomic E-state index is 0.143. The van der Waals surface area contributed by atoms with E-state index in [0.29, 0.717) is 11.1 Å². The molecule has 0 saturated carbocycles. The number of carbonyl (C=O) groups is 1. The summed E-state index contributed by atoms with van der Waals surface area (Å²) in [7, 11) is 0. The Bertz CT molecular complexity index is 1230. The van der Waals surface area contributed by atoms with E-state index in [0.717, 1.165) is 27.1 Å². The fraction of sp³-hybridized carbons (Fsp3) is 0.136. The maximum atomic E-state index is 12.9. The molecule has 0 bridgehead atoms. The van der Waals surface area contributed by atoms with Gasteiger partial charge < -0.3 is 5.32 Å². The van der Waals surface area contributed by atoms with E-state index < -0.39 is 0 Å². The summed E-state index contributed by atoms with van der Waals surface area (Å²) in [5.74, 6) is -0.282. The molecule has 4 aromatic rings. The van der Waals surface area contributed by atoms with Crippen LogP contribution in [0, 0.1) is 13.8 Å². The Hall–Kier alpha value is -3.25. The summed E-state index contributed by atoms with van der Waals surface area (Å²) in [4.78, 5) is 26.5. The van der Waals surface area contributed by atoms with Crippen molar-refractivity contribution in [3.05, 3.63) is 81.5 Å². The number of anilines is 1. The van der Waals surface area contributed by atoms with Gasteiger partial charge in [-0.15, -0.1) is 11.3 Å². The molecule has 2 heterocycles. The fourth-order valence-corrected chi connectivity index (χ4v) is 3.86. The van der Waals surface area contributed by atoms with Crippen LogP contribution in [0.4, 0.5) is 5.69 Å². The Labute approximate surface area is 166 Å². The van der Waals surface area contributed by atoms with Crippen molar-refractivity contribution in [1.29, 1.82) is 0 Å². The number of hydrogen-bond acceptors (Lipinski definition) is 4. The molecule has 0 aliphatic rings. The maximum Gasteiger partial charge on any atom is 0.275 e. The molecule has 28 heavy (non-hydrogen) atoms. The Morgan fingerprint density at radius 3 is 2.61 bits per heavy atom. The summed E-state index contributed by atoms with van der Waals surface area (Å²) >= 11 is 1.55. The van der Waals surface area contributed by atoms with Crippen LogP contribution in [0.1, 0.15) is 11.1 Å². The molecule has 0 saturated heterocycles. The van der Waals surface area contributed by atoms with Crippen LogP contribution < -0.4 is 10.9 Å². The van der Waals surface area contributed by atoms with Crippen LogP contribution in [-0.4, -0.2) is 15.7 Å². The monoisotopic (exact) mass is 389 g/mol. The summed E-state index contributed by atoms with van der Waals surface area (Å²) in [5, 5.41) is 10.7. The number of fused-ring (bicyclic) bond motifs is 1. The van der Waals surface area contributed by atoms with Crippen molar-refractivity contribution >= 4 is 33.7 Å². The minimum atomic E-state index is -0.282. The highest BCUT2D eigenvalue weighted by Gasteiger charge is 2.15. The van der Waals surface area contributed by atoms with Crippen molar-refractivity contribution < 1.29 is 4.79 Å². The van der Waals surface area contributed by atoms with E-state index in [1.54, 1.807) is 17.4 Å². The summed E-state index contributed by atoms with van der Waals surface area (Å²) < 4.78 is 1.25. The number of hydrogen-bond donors (Lipinski definition) is 1. The zero-order chi connectivity index (χ0) is 19.7. The average molecular weight is 389 g/mol. The number of nitrogens with one attached hydrogen (secondary N) is 1. The van der Waals surface area contributed by atoms with Crippen LogP contribution in [0.25, 0.3) is 21.3 Å². The molecule has 0 unspecified atom stereocenters. The Morgan fingerprint density at radius 1 is 1.07 bits per heavy atom. The number of carbonyl (C=O) groups excluding carboxylic acids is 1. The summed E-state index contributed by atoms with van der Waals surface area (Å²) in [6.07, 6.45) is 0. The normalized spacial score (nSPS) is 10.9. The van der Waals surface area contributed by atoms with Crippen molar-refractivity contribution in [3.63, 3.8) is 0 Å². The van der Waals surface area contributed by atoms with Gasteiger partial charge >= 0.3 is 0 Å². The Morgan fingerprint density at radius 2 is 1.86 bits per heavy atom. The molecule has 1 N–H and O–H groups in total. The molecular formula is C22H19N3O2S. The number of nitrogens with zero attached hydrogens (tertiary/aromatic N) is 2. The van der Waals surface area contributed by atoms with Crippen LogP contribution in [-0.2, 0) is 11.3 Å². The summed E-state index contributed by atoms with van der Waals surface area (Å²) in [5.41, 5.74) is 3.22. The zero-order valence-electron chi connectivity index (χ0n) is 15.6. The van der Waals surface area contributed by atoms with Gasteiger partial charge in [-0.2, -0.15) is 5.10 Å². The Kier molecular flexibility index (Phi) is 4.79. The van der Waals surface area contributed by atoms with Crippen LogP contribution in [0.5, 0.6) is 0 Å². The first-order valence-electron chi connectivity index (χ1n) is 8.94. The third-order valence-electron chi connectivity index (χ3n) is 4.58. The molecular weight excluding hydrogens is 370 g/mol. The number of thiophene rings is 1. The standard InChI is InChI=1S/C22H19N3O2S/c1-14-9-10-15(2)18(12-14)23-20(26)13-25-22(27)17-7-4-3-6-16(17)21(24-25)19-8-5-11-28-19/h3-12H,13H2,1-2H3,(H,23,26). The average Bonchev–Trinajstić information content (AvgIpc) is 3.21.